The van der Waals surface area contributed by atoms with Gasteiger partial charge in [0.15, 0.2) is 0 Å². The van der Waals surface area contributed by atoms with E-state index >= 15 is 0 Å². The zero-order chi connectivity index (χ0) is 34.1. The van der Waals surface area contributed by atoms with Gasteiger partial charge in [0, 0.05) is 56.4 Å². The van der Waals surface area contributed by atoms with Crippen molar-refractivity contribution < 1.29 is 24.1 Å². The van der Waals surface area contributed by atoms with Gasteiger partial charge in [0.1, 0.15) is 23.6 Å². The maximum absolute atomic E-state index is 14.7. The number of piperidine rings is 1. The molecule has 0 aliphatic carbocycles. The van der Waals surface area contributed by atoms with E-state index in [1.165, 1.54) is 6.07 Å². The number of hydrogen-bond acceptors (Lipinski definition) is 8. The molecular formula is C36H39ClFN5O5S. The molecule has 7 rings (SSSR count). The molecule has 2 saturated heterocycles. The van der Waals surface area contributed by atoms with E-state index in [1.807, 2.05) is 46.0 Å². The van der Waals surface area contributed by atoms with E-state index in [0.29, 0.717) is 60.0 Å². The van der Waals surface area contributed by atoms with Crippen molar-refractivity contribution in [3.05, 3.63) is 98.0 Å². The van der Waals surface area contributed by atoms with Gasteiger partial charge in [-0.2, -0.15) is 0 Å². The third-order valence-electron chi connectivity index (χ3n) is 9.71. The second kappa shape index (κ2) is 14.2. The largest absolute Gasteiger partial charge is 0.506 e. The number of phenols is 1. The van der Waals surface area contributed by atoms with Crippen molar-refractivity contribution in [1.29, 1.82) is 0 Å². The number of aromatic hydroxyl groups is 1. The number of amides is 1. The Balaban J connectivity index is 0.897. The molecule has 5 aromatic rings. The summed E-state index contributed by atoms with van der Waals surface area (Å²) in [4.78, 5) is 31.7. The van der Waals surface area contributed by atoms with Crippen LogP contribution in [-0.4, -0.2) is 86.9 Å². The molecule has 2 aliphatic heterocycles. The van der Waals surface area contributed by atoms with Crippen molar-refractivity contribution in [3.63, 3.8) is 0 Å². The Bertz CT molecular complexity index is 2040. The number of nitrogens with zero attached hydrogens (tertiary/aromatic N) is 3. The molecule has 13 heteroatoms. The summed E-state index contributed by atoms with van der Waals surface area (Å²) in [6.07, 6.45) is 3.18. The van der Waals surface area contributed by atoms with Gasteiger partial charge < -0.3 is 34.7 Å². The number of ether oxygens (including phenoxy) is 1. The molecule has 1 unspecified atom stereocenters. The molecule has 3 aromatic carbocycles. The quantitative estimate of drug-likeness (QED) is 0.154. The molecule has 2 aromatic heterocycles. The highest BCUT2D eigenvalue weighted by atomic mass is 35.5. The fourth-order valence-corrected chi connectivity index (χ4v) is 8.37. The van der Waals surface area contributed by atoms with E-state index in [0.717, 1.165) is 59.3 Å². The monoisotopic (exact) mass is 707 g/mol. The summed E-state index contributed by atoms with van der Waals surface area (Å²) in [7, 11) is 0. The van der Waals surface area contributed by atoms with Gasteiger partial charge in [-0.25, -0.2) is 4.39 Å². The van der Waals surface area contributed by atoms with E-state index in [-0.39, 0.29) is 41.0 Å². The number of rotatable bonds is 10. The zero-order valence-electron chi connectivity index (χ0n) is 27.0. The summed E-state index contributed by atoms with van der Waals surface area (Å²) in [6.45, 7) is 4.81. The van der Waals surface area contributed by atoms with Gasteiger partial charge in [-0.3, -0.25) is 14.5 Å². The highest BCUT2D eigenvalue weighted by molar-refractivity contribution is 7.16. The molecule has 2 aliphatic rings. The number of fused-ring (bicyclic) bond motifs is 2. The standard InChI is InChI=1S/C36H39ClFN5O5S/c37-28-3-1-2-25-7-11-42(33(25)28)21-31(46)43-14-15-48-36(22-43)8-12-41(13-9-36)20-24-16-23(17-26(38)18-24)6-10-39-19-30(45)27-4-5-29(44)32-34(27)49-35(47)40-32/h1-5,7,11,16-18,30,39,44-45H,6,8-10,12-15,19-22H2,(H,40,47). The fraction of sp³-hybridized carbons (Fsp3) is 0.389. The number of benzene rings is 3. The number of aliphatic hydroxyl groups is 1. The minimum Gasteiger partial charge on any atom is -0.506 e. The van der Waals surface area contributed by atoms with E-state index in [4.69, 9.17) is 16.3 Å². The van der Waals surface area contributed by atoms with Gasteiger partial charge in [0.05, 0.1) is 33.6 Å². The number of aromatic nitrogens is 2. The third-order valence-corrected chi connectivity index (χ3v) is 10.9. The van der Waals surface area contributed by atoms with E-state index < -0.39 is 6.10 Å². The lowest BCUT2D eigenvalue weighted by Crippen LogP contribution is -2.58. The SMILES string of the molecule is O=C(Cn1ccc2cccc(Cl)c21)N1CCOC2(CCN(Cc3cc(F)cc(CCNCC(O)c4ccc(O)c5[nH]c(=O)sc45)c3)CC2)C1. The summed E-state index contributed by atoms with van der Waals surface area (Å²) in [6, 6.07) is 15.9. The average molecular weight is 708 g/mol. The van der Waals surface area contributed by atoms with Gasteiger partial charge in [-0.15, -0.1) is 0 Å². The average Bonchev–Trinajstić information content (AvgIpc) is 3.68. The van der Waals surface area contributed by atoms with Gasteiger partial charge in [0.25, 0.3) is 0 Å². The first-order valence-corrected chi connectivity index (χ1v) is 17.8. The first-order chi connectivity index (χ1) is 23.7. The van der Waals surface area contributed by atoms with Crippen molar-refractivity contribution in [2.75, 3.05) is 45.9 Å². The van der Waals surface area contributed by atoms with Crippen molar-refractivity contribution >= 4 is 50.0 Å². The number of H-pyrrole nitrogens is 1. The minimum absolute atomic E-state index is 0.0339. The number of morpholine rings is 1. The van der Waals surface area contributed by atoms with Gasteiger partial charge >= 0.3 is 4.87 Å². The van der Waals surface area contributed by atoms with Gasteiger partial charge in [-0.05, 0) is 67.3 Å². The van der Waals surface area contributed by atoms with Crippen LogP contribution in [0.2, 0.25) is 5.02 Å². The van der Waals surface area contributed by atoms with E-state index in [2.05, 4.69) is 15.2 Å². The number of carbonyl (C=O) groups excluding carboxylic acids is 1. The molecule has 10 nitrogen and oxygen atoms in total. The van der Waals surface area contributed by atoms with E-state index in [9.17, 15) is 24.2 Å². The van der Waals surface area contributed by atoms with Gasteiger partial charge in [-0.1, -0.05) is 47.2 Å². The summed E-state index contributed by atoms with van der Waals surface area (Å²) >= 11 is 7.39. The molecule has 4 heterocycles. The van der Waals surface area contributed by atoms with E-state index in [1.54, 1.807) is 18.2 Å². The number of aromatic amines is 1. The number of phenolic OH excluding ortho intramolecular Hbond substituents is 1. The summed E-state index contributed by atoms with van der Waals surface area (Å²) < 4.78 is 23.4. The number of nitrogens with one attached hydrogen (secondary N) is 2. The van der Waals surface area contributed by atoms with Crippen LogP contribution in [0, 0.1) is 5.82 Å². The van der Waals surface area contributed by atoms with Crippen molar-refractivity contribution in [1.82, 2.24) is 24.7 Å². The maximum Gasteiger partial charge on any atom is 0.305 e. The topological polar surface area (TPSA) is 123 Å². The Morgan fingerprint density at radius 3 is 2.78 bits per heavy atom. The predicted molar refractivity (Wildman–Crippen MR) is 189 cm³/mol. The third kappa shape index (κ3) is 7.40. The summed E-state index contributed by atoms with van der Waals surface area (Å²) in [5, 5.41) is 25.6. The van der Waals surface area contributed by atoms with Gasteiger partial charge in [0.2, 0.25) is 5.91 Å². The Morgan fingerprint density at radius 2 is 1.94 bits per heavy atom. The Hall–Kier alpha value is -3.78. The predicted octanol–water partition coefficient (Wildman–Crippen LogP) is 4.80. The highest BCUT2D eigenvalue weighted by Gasteiger charge is 2.41. The molecule has 49 heavy (non-hydrogen) atoms. The number of aliphatic hydroxyl groups excluding tert-OH is 1. The van der Waals surface area contributed by atoms with Crippen LogP contribution in [0.25, 0.3) is 21.1 Å². The van der Waals surface area contributed by atoms with Crippen LogP contribution in [0.5, 0.6) is 5.75 Å². The molecule has 258 valence electrons. The second-order valence-electron chi connectivity index (χ2n) is 13.1. The molecule has 0 saturated carbocycles. The normalized spacial score (nSPS) is 17.3. The zero-order valence-corrected chi connectivity index (χ0v) is 28.5. The lowest BCUT2D eigenvalue weighted by atomic mass is 9.89. The lowest BCUT2D eigenvalue weighted by molar-refractivity contribution is -0.160. The summed E-state index contributed by atoms with van der Waals surface area (Å²) in [5.41, 5.74) is 3.15. The molecule has 1 spiro atoms. The molecule has 4 N–H and O–H groups in total. The van der Waals surface area contributed by atoms with Crippen LogP contribution in [0.3, 0.4) is 0 Å². The number of carbonyl (C=O) groups is 1. The van der Waals surface area contributed by atoms with Crippen LogP contribution >= 0.6 is 22.9 Å². The first-order valence-electron chi connectivity index (χ1n) is 16.6. The van der Waals surface area contributed by atoms with Crippen LogP contribution in [0.1, 0.15) is 35.6 Å². The second-order valence-corrected chi connectivity index (χ2v) is 14.5. The number of likely N-dealkylation sites (tertiary alicyclic amines) is 1. The Labute approximate surface area is 291 Å². The number of thiazole rings is 1. The minimum atomic E-state index is -0.878. The van der Waals surface area contributed by atoms with Crippen molar-refractivity contribution in [3.8, 4) is 5.75 Å². The summed E-state index contributed by atoms with van der Waals surface area (Å²) in [5.74, 6) is -0.264. The Morgan fingerprint density at radius 1 is 1.12 bits per heavy atom. The molecule has 1 atom stereocenters. The first kappa shape index (κ1) is 33.7. The fourth-order valence-electron chi connectivity index (χ4n) is 7.17. The number of halogens is 2. The van der Waals surface area contributed by atoms with Crippen LogP contribution < -0.4 is 10.2 Å². The van der Waals surface area contributed by atoms with Crippen LogP contribution in [0.15, 0.2) is 65.6 Å². The molecule has 0 radical (unpaired) electrons. The van der Waals surface area contributed by atoms with Crippen molar-refractivity contribution in [2.24, 2.45) is 0 Å². The molecule has 2 fully saturated rings. The van der Waals surface area contributed by atoms with Crippen molar-refractivity contribution in [2.45, 2.75) is 44.1 Å². The van der Waals surface area contributed by atoms with Crippen LogP contribution in [0.4, 0.5) is 4.39 Å². The Kier molecular flexibility index (Phi) is 9.78. The van der Waals surface area contributed by atoms with Crippen LogP contribution in [-0.2, 0) is 29.0 Å². The maximum atomic E-state index is 14.7. The molecule has 1 amide bonds. The highest BCUT2D eigenvalue weighted by Crippen LogP contribution is 2.33. The number of para-hydroxylation sites is 1. The molecular weight excluding hydrogens is 669 g/mol. The number of hydrogen-bond donors (Lipinski definition) is 4. The lowest BCUT2D eigenvalue weighted by Gasteiger charge is -2.47. The smallest absolute Gasteiger partial charge is 0.305 e. The molecule has 0 bridgehead atoms.